The number of carbonyl (C=O) groups excluding carboxylic acids is 2. The highest BCUT2D eigenvalue weighted by Crippen LogP contribution is 2.76. The first-order chi connectivity index (χ1) is 31.6. The molecule has 2 aromatic carbocycles. The van der Waals surface area contributed by atoms with E-state index in [-0.39, 0.29) is 30.9 Å². The fourth-order valence-electron chi connectivity index (χ4n) is 17.0. The van der Waals surface area contributed by atoms with Crippen LogP contribution in [0, 0.1) is 45.3 Å². The second-order valence-electron chi connectivity index (χ2n) is 24.0. The first-order valence-electron chi connectivity index (χ1n) is 26.5. The molecule has 0 aromatic heterocycles. The summed E-state index contributed by atoms with van der Waals surface area (Å²) in [6.07, 6.45) is 26.6. The van der Waals surface area contributed by atoms with Gasteiger partial charge in [-0.25, -0.2) is 4.79 Å². The van der Waals surface area contributed by atoms with E-state index in [9.17, 15) is 24.9 Å². The predicted molar refractivity (Wildman–Crippen MR) is 260 cm³/mol. The zero-order chi connectivity index (χ0) is 46.4. The van der Waals surface area contributed by atoms with Crippen molar-refractivity contribution in [3.8, 4) is 0 Å². The second kappa shape index (κ2) is 18.6. The molecule has 7 aliphatic rings. The Morgan fingerprint density at radius 2 is 1.52 bits per heavy atom. The Bertz CT molecular complexity index is 2080. The highest BCUT2D eigenvalue weighted by atomic mass is 16.5. The number of ether oxygens (including phenoxy) is 2. The molecule has 0 amide bonds. The minimum atomic E-state index is -1.59. The van der Waals surface area contributed by atoms with E-state index in [4.69, 9.17) is 9.47 Å². The van der Waals surface area contributed by atoms with Gasteiger partial charge in [-0.1, -0.05) is 119 Å². The van der Waals surface area contributed by atoms with E-state index in [1.807, 2.05) is 19.1 Å². The molecule has 0 saturated heterocycles. The summed E-state index contributed by atoms with van der Waals surface area (Å²) in [5, 5.41) is 41.1. The first kappa shape index (κ1) is 47.8. The van der Waals surface area contributed by atoms with Gasteiger partial charge < -0.3 is 24.8 Å². The summed E-state index contributed by atoms with van der Waals surface area (Å²) >= 11 is 0. The lowest BCUT2D eigenvalue weighted by Gasteiger charge is -2.76. The van der Waals surface area contributed by atoms with Crippen molar-refractivity contribution in [3.05, 3.63) is 95.6 Å². The number of cyclic esters (lactones) is 1. The van der Waals surface area contributed by atoms with Crippen LogP contribution in [0.2, 0.25) is 0 Å². The largest absolute Gasteiger partial charge is 0.462 e. The molecule has 2 aromatic rings. The molecular formula is C59H82O7. The Kier molecular flexibility index (Phi) is 13.4. The molecule has 7 heteroatoms. The molecule has 10 unspecified atom stereocenters. The van der Waals surface area contributed by atoms with Gasteiger partial charge in [0.2, 0.25) is 0 Å². The van der Waals surface area contributed by atoms with Crippen LogP contribution in [0.4, 0.5) is 0 Å². The molecule has 3 N–H and O–H groups in total. The van der Waals surface area contributed by atoms with E-state index < -0.39 is 45.6 Å². The van der Waals surface area contributed by atoms with E-state index >= 15 is 0 Å². The lowest BCUT2D eigenvalue weighted by molar-refractivity contribution is -0.362. The third-order valence-corrected chi connectivity index (χ3v) is 20.3. The van der Waals surface area contributed by atoms with E-state index in [2.05, 4.69) is 74.5 Å². The maximum absolute atomic E-state index is 14.1. The van der Waals surface area contributed by atoms with E-state index in [0.717, 1.165) is 56.4 Å². The number of hydrogen-bond acceptors (Lipinski definition) is 7. The van der Waals surface area contributed by atoms with Crippen molar-refractivity contribution in [1.82, 2.24) is 0 Å². The SMILES string of the molecule is CC(=O)OC1CC2(C)C=CC(O)(CCC(C)CCCc3ccccc3)C3(C(O)CCC(C)(C4CCC5(CCC(CC6(c7ccccc7)CCCCC6)C5)CC4)C13)C2(O)CCC1=CC(=O)OC1. The maximum Gasteiger partial charge on any atom is 0.331 e. The summed E-state index contributed by atoms with van der Waals surface area (Å²) in [4.78, 5) is 25.6. The topological polar surface area (TPSA) is 113 Å². The molecule has 10 atom stereocenters. The molecule has 0 radical (unpaired) electrons. The van der Waals surface area contributed by atoms with Gasteiger partial charge in [-0.3, -0.25) is 4.79 Å². The van der Waals surface area contributed by atoms with Gasteiger partial charge in [0.05, 0.1) is 22.7 Å². The summed E-state index contributed by atoms with van der Waals surface area (Å²) in [6.45, 7) is 8.37. The van der Waals surface area contributed by atoms with Crippen LogP contribution in [-0.4, -0.2) is 57.3 Å². The van der Waals surface area contributed by atoms with Crippen LogP contribution in [0.15, 0.2) is 84.5 Å². The molecule has 2 spiro atoms. The van der Waals surface area contributed by atoms with Crippen molar-refractivity contribution in [3.63, 3.8) is 0 Å². The van der Waals surface area contributed by atoms with Gasteiger partial charge in [-0.2, -0.15) is 0 Å². The third-order valence-electron chi connectivity index (χ3n) is 20.3. The van der Waals surface area contributed by atoms with Crippen molar-refractivity contribution in [1.29, 1.82) is 0 Å². The highest BCUT2D eigenvalue weighted by Gasteiger charge is 2.81. The Morgan fingerprint density at radius 3 is 2.20 bits per heavy atom. The fraction of sp³-hybridized carbons (Fsp3) is 0.695. The highest BCUT2D eigenvalue weighted by molar-refractivity contribution is 5.85. The summed E-state index contributed by atoms with van der Waals surface area (Å²) in [5.74, 6) is 0.105. The molecular weight excluding hydrogens is 821 g/mol. The molecule has 1 heterocycles. The molecule has 6 aliphatic carbocycles. The number of fused-ring (bicyclic) bond motifs is 1. The second-order valence-corrected chi connectivity index (χ2v) is 24.0. The van der Waals surface area contributed by atoms with Crippen molar-refractivity contribution in [2.75, 3.05) is 6.61 Å². The number of aliphatic hydroxyl groups excluding tert-OH is 1. The van der Waals surface area contributed by atoms with Gasteiger partial charge in [-0.15, -0.1) is 0 Å². The normalized spacial score (nSPS) is 39.8. The van der Waals surface area contributed by atoms with E-state index in [1.165, 1.54) is 83.1 Å². The number of rotatable bonds is 15. The van der Waals surface area contributed by atoms with Gasteiger partial charge in [-0.05, 0) is 173 Å². The van der Waals surface area contributed by atoms with Crippen LogP contribution in [0.25, 0.3) is 0 Å². The summed E-state index contributed by atoms with van der Waals surface area (Å²) in [6, 6.07) is 22.0. The van der Waals surface area contributed by atoms with Crippen LogP contribution < -0.4 is 0 Å². The number of benzene rings is 2. The number of aliphatic hydroxyl groups is 3. The fourth-order valence-corrected chi connectivity index (χ4v) is 17.0. The Hall–Kier alpha value is -3.26. The lowest BCUT2D eigenvalue weighted by atomic mass is 9.31. The molecule has 7 nitrogen and oxygen atoms in total. The van der Waals surface area contributed by atoms with Crippen molar-refractivity contribution in [2.45, 2.75) is 204 Å². The van der Waals surface area contributed by atoms with Crippen molar-refractivity contribution in [2.24, 2.45) is 45.3 Å². The monoisotopic (exact) mass is 903 g/mol. The molecule has 5 saturated carbocycles. The standard InChI is InChI=1S/C59H82O7/c1-42(15-14-18-44-16-8-5-9-17-44)21-33-57(63)36-35-53(3)40-49(66-43(2)60)52-54(4,29-26-50(61)59(52,57)58(53,64)34-23-45-37-51(62)65-41-45)47-24-31-55(32-25-47)30-22-46(38-55)39-56(27-12-7-13-28-56)48-19-10-6-11-20-48/h5-6,8-11,16-17,19-20,35-37,42,46-47,49-50,52,61,63-64H,7,12-15,18,21-34,38-41H2,1-4H3. The summed E-state index contributed by atoms with van der Waals surface area (Å²) < 4.78 is 11.9. The molecule has 1 aliphatic heterocycles. The zero-order valence-corrected chi connectivity index (χ0v) is 40.9. The van der Waals surface area contributed by atoms with Gasteiger partial charge in [0.1, 0.15) is 12.7 Å². The summed E-state index contributed by atoms with van der Waals surface area (Å²) in [5.41, 5.74) is -1.62. The van der Waals surface area contributed by atoms with Gasteiger partial charge in [0.15, 0.2) is 0 Å². The van der Waals surface area contributed by atoms with Crippen LogP contribution in [-0.2, 0) is 30.9 Å². The van der Waals surface area contributed by atoms with E-state index in [1.54, 1.807) is 11.6 Å². The number of hydrogen-bond donors (Lipinski definition) is 3. The maximum atomic E-state index is 14.1. The van der Waals surface area contributed by atoms with Crippen LogP contribution in [0.1, 0.15) is 180 Å². The van der Waals surface area contributed by atoms with Crippen LogP contribution in [0.5, 0.6) is 0 Å². The van der Waals surface area contributed by atoms with Gasteiger partial charge >= 0.3 is 11.9 Å². The lowest BCUT2D eigenvalue weighted by Crippen LogP contribution is -2.83. The molecule has 66 heavy (non-hydrogen) atoms. The quantitative estimate of drug-likeness (QED) is 0.120. The van der Waals surface area contributed by atoms with Crippen LogP contribution in [0.3, 0.4) is 0 Å². The summed E-state index contributed by atoms with van der Waals surface area (Å²) in [7, 11) is 0. The number of carbonyl (C=O) groups is 2. The average Bonchev–Trinajstić information content (AvgIpc) is 3.91. The minimum absolute atomic E-state index is 0.191. The predicted octanol–water partition coefficient (Wildman–Crippen LogP) is 12.1. The average molecular weight is 903 g/mol. The van der Waals surface area contributed by atoms with E-state index in [0.29, 0.717) is 42.4 Å². The Labute approximate surface area is 396 Å². The van der Waals surface area contributed by atoms with Crippen LogP contribution >= 0.6 is 0 Å². The third kappa shape index (κ3) is 8.39. The zero-order valence-electron chi connectivity index (χ0n) is 40.9. The van der Waals surface area contributed by atoms with Crippen molar-refractivity contribution < 1.29 is 34.4 Å². The number of esters is 2. The molecule has 2 bridgehead atoms. The first-order valence-corrected chi connectivity index (χ1v) is 26.5. The van der Waals surface area contributed by atoms with Gasteiger partial charge in [0, 0.05) is 24.3 Å². The molecule has 360 valence electrons. The Morgan fingerprint density at radius 1 is 0.818 bits per heavy atom. The number of aryl methyl sites for hydroxylation is 1. The van der Waals surface area contributed by atoms with Gasteiger partial charge in [0.25, 0.3) is 0 Å². The minimum Gasteiger partial charge on any atom is -0.462 e. The Balaban J connectivity index is 1.02. The van der Waals surface area contributed by atoms with Crippen molar-refractivity contribution >= 4 is 11.9 Å². The molecule has 9 rings (SSSR count). The smallest absolute Gasteiger partial charge is 0.331 e. The molecule has 5 fully saturated rings.